The molecule has 2 saturated heterocycles. The number of hydrogen-bond acceptors (Lipinski definition) is 3. The highest BCUT2D eigenvalue weighted by Crippen LogP contribution is 2.43. The Bertz CT molecular complexity index is 439. The summed E-state index contributed by atoms with van der Waals surface area (Å²) in [6, 6.07) is 0.954. The van der Waals surface area contributed by atoms with Crippen LogP contribution in [0.3, 0.4) is 0 Å². The monoisotopic (exact) mass is 271 g/mol. The minimum absolute atomic E-state index is 0.954. The summed E-state index contributed by atoms with van der Waals surface area (Å²) in [7, 11) is -6.09. The van der Waals surface area contributed by atoms with Gasteiger partial charge >= 0.3 is 5.51 Å². The molecule has 1 spiro atoms. The molecule has 2 fully saturated rings. The minimum atomic E-state index is -6.09. The van der Waals surface area contributed by atoms with Crippen molar-refractivity contribution in [2.75, 3.05) is 19.6 Å². The number of hydrogen-bond donors (Lipinski definition) is 0. The Morgan fingerprint density at radius 2 is 1.76 bits per heavy atom. The van der Waals surface area contributed by atoms with Gasteiger partial charge in [0, 0.05) is 12.3 Å². The molecule has 2 bridgehead atoms. The molecule has 2 heterocycles. The predicted molar refractivity (Wildman–Crippen MR) is 51.6 cm³/mol. The number of rotatable bonds is 0. The van der Waals surface area contributed by atoms with Gasteiger partial charge in [-0.25, -0.2) is 8.42 Å². The van der Waals surface area contributed by atoms with Crippen molar-refractivity contribution in [3.8, 4) is 0 Å². The lowest BCUT2D eigenvalue weighted by molar-refractivity contribution is -0.807. The minimum Gasteiger partial charge on any atom is -0.741 e. The number of fused-ring (bicyclic) bond motifs is 3. The quantitative estimate of drug-likeness (QED) is 0.215. The summed E-state index contributed by atoms with van der Waals surface area (Å²) < 4.78 is 60.4. The van der Waals surface area contributed by atoms with Crippen molar-refractivity contribution in [2.24, 2.45) is 5.92 Å². The van der Waals surface area contributed by atoms with Crippen LogP contribution >= 0.6 is 0 Å². The number of quaternary nitrogens is 1. The van der Waals surface area contributed by atoms with Gasteiger partial charge in [0.15, 0.2) is 10.1 Å². The molecule has 0 unspecified atom stereocenters. The van der Waals surface area contributed by atoms with E-state index in [0.717, 1.165) is 12.0 Å². The first-order valence-corrected chi connectivity index (χ1v) is 6.61. The lowest BCUT2D eigenvalue weighted by atomic mass is 10.2. The maximum Gasteiger partial charge on any atom is 0.485 e. The average Bonchev–Trinajstić information content (AvgIpc) is 2.64. The molecule has 3 rings (SSSR count). The lowest BCUT2D eigenvalue weighted by Gasteiger charge is -2.18. The van der Waals surface area contributed by atoms with E-state index in [1.165, 1.54) is 30.5 Å². The Morgan fingerprint density at radius 1 is 1.24 bits per heavy atom. The summed E-state index contributed by atoms with van der Waals surface area (Å²) in [6.45, 7) is 4.43. The molecule has 0 aromatic rings. The molecule has 98 valence electrons. The van der Waals surface area contributed by atoms with E-state index < -0.39 is 15.6 Å². The van der Waals surface area contributed by atoms with Gasteiger partial charge in [-0.2, -0.15) is 13.2 Å². The summed E-state index contributed by atoms with van der Waals surface area (Å²) in [6.07, 6.45) is 6.34. The summed E-state index contributed by atoms with van der Waals surface area (Å²) in [5.74, 6) is 0.970. The van der Waals surface area contributed by atoms with Crippen molar-refractivity contribution in [3.63, 3.8) is 0 Å². The molecule has 3 aliphatic rings. The molecule has 0 aromatic heterocycles. The molecule has 2 atom stereocenters. The first-order valence-electron chi connectivity index (χ1n) is 5.20. The SMILES string of the molecule is C1=C[C@@H]2C[C@H]1C[N+]21CC1.O=S(=O)([O-])C(F)(F)F. The van der Waals surface area contributed by atoms with Crippen LogP contribution in [0, 0.1) is 5.92 Å². The van der Waals surface area contributed by atoms with Gasteiger partial charge in [-0.3, -0.25) is 0 Å². The smallest absolute Gasteiger partial charge is 0.485 e. The Labute approximate surface area is 97.1 Å². The zero-order valence-electron chi connectivity index (χ0n) is 8.85. The van der Waals surface area contributed by atoms with Crippen molar-refractivity contribution in [3.05, 3.63) is 12.2 Å². The van der Waals surface area contributed by atoms with Crippen LogP contribution in [0.4, 0.5) is 13.2 Å². The fourth-order valence-corrected chi connectivity index (χ4v) is 2.54. The lowest BCUT2D eigenvalue weighted by Crippen LogP contribution is -2.31. The van der Waals surface area contributed by atoms with Gasteiger partial charge in [-0.05, 0) is 6.08 Å². The normalized spacial score (nSPS) is 32.5. The molecule has 0 radical (unpaired) electrons. The second-order valence-electron chi connectivity index (χ2n) is 4.70. The van der Waals surface area contributed by atoms with Crippen molar-refractivity contribution in [2.45, 2.75) is 18.0 Å². The number of alkyl halides is 3. The van der Waals surface area contributed by atoms with Crippen molar-refractivity contribution in [1.82, 2.24) is 0 Å². The molecule has 1 aliphatic carbocycles. The fraction of sp³-hybridized carbons (Fsp3) is 0.778. The van der Waals surface area contributed by atoms with E-state index >= 15 is 0 Å². The third-order valence-corrected chi connectivity index (χ3v) is 4.10. The van der Waals surface area contributed by atoms with E-state index in [2.05, 4.69) is 12.2 Å². The van der Waals surface area contributed by atoms with Crippen LogP contribution in [0.2, 0.25) is 0 Å². The molecular formula is C9H12F3NO3S. The summed E-state index contributed by atoms with van der Waals surface area (Å²) >= 11 is 0. The molecule has 0 amide bonds. The van der Waals surface area contributed by atoms with Crippen LogP contribution < -0.4 is 0 Å². The summed E-state index contributed by atoms with van der Waals surface area (Å²) in [5, 5.41) is 0. The number of halogens is 3. The van der Waals surface area contributed by atoms with Crippen LogP contribution in [0.15, 0.2) is 12.2 Å². The van der Waals surface area contributed by atoms with Crippen LogP contribution in [-0.4, -0.2) is 48.6 Å². The summed E-state index contributed by atoms with van der Waals surface area (Å²) in [5.41, 5.74) is -5.65. The van der Waals surface area contributed by atoms with Gasteiger partial charge in [-0.15, -0.1) is 0 Å². The molecule has 0 saturated carbocycles. The van der Waals surface area contributed by atoms with Crippen molar-refractivity contribution in [1.29, 1.82) is 0 Å². The largest absolute Gasteiger partial charge is 0.741 e. The zero-order chi connectivity index (χ0) is 12.9. The van der Waals surface area contributed by atoms with E-state index in [1.54, 1.807) is 0 Å². The maximum absolute atomic E-state index is 10.7. The van der Waals surface area contributed by atoms with Crippen molar-refractivity contribution < 1.29 is 30.6 Å². The second kappa shape index (κ2) is 3.69. The third-order valence-electron chi connectivity index (χ3n) is 3.53. The zero-order valence-corrected chi connectivity index (χ0v) is 9.67. The highest BCUT2D eigenvalue weighted by molar-refractivity contribution is 7.86. The molecule has 2 aliphatic heterocycles. The van der Waals surface area contributed by atoms with Crippen LogP contribution in [-0.2, 0) is 10.1 Å². The van der Waals surface area contributed by atoms with Gasteiger partial charge in [-0.1, -0.05) is 6.08 Å². The van der Waals surface area contributed by atoms with E-state index in [4.69, 9.17) is 13.0 Å². The van der Waals surface area contributed by atoms with E-state index in [9.17, 15) is 13.2 Å². The molecule has 0 aromatic carbocycles. The predicted octanol–water partition coefficient (Wildman–Crippen LogP) is 0.826. The molecule has 17 heavy (non-hydrogen) atoms. The summed E-state index contributed by atoms with van der Waals surface area (Å²) in [4.78, 5) is 0. The molecule has 0 N–H and O–H groups in total. The van der Waals surface area contributed by atoms with Gasteiger partial charge in [0.1, 0.15) is 19.1 Å². The van der Waals surface area contributed by atoms with Gasteiger partial charge in [0.25, 0.3) is 0 Å². The van der Waals surface area contributed by atoms with Crippen LogP contribution in [0.5, 0.6) is 0 Å². The highest BCUT2D eigenvalue weighted by Gasteiger charge is 2.56. The first-order chi connectivity index (χ1) is 7.64. The van der Waals surface area contributed by atoms with Crippen molar-refractivity contribution >= 4 is 10.1 Å². The van der Waals surface area contributed by atoms with E-state index in [1.807, 2.05) is 0 Å². The Hall–Kier alpha value is -0.600. The molecule has 4 nitrogen and oxygen atoms in total. The average molecular weight is 271 g/mol. The Morgan fingerprint density at radius 3 is 1.94 bits per heavy atom. The highest BCUT2D eigenvalue weighted by atomic mass is 32.2. The third kappa shape index (κ3) is 2.48. The Balaban J connectivity index is 0.000000129. The number of nitrogens with zero attached hydrogens (tertiary/aromatic N) is 1. The van der Waals surface area contributed by atoms with E-state index in [-0.39, 0.29) is 0 Å². The molecule has 8 heteroatoms. The molecular weight excluding hydrogens is 259 g/mol. The van der Waals surface area contributed by atoms with Crippen LogP contribution in [0.25, 0.3) is 0 Å². The van der Waals surface area contributed by atoms with Crippen LogP contribution in [0.1, 0.15) is 6.42 Å². The van der Waals surface area contributed by atoms with E-state index in [0.29, 0.717) is 0 Å². The van der Waals surface area contributed by atoms with Gasteiger partial charge in [0.05, 0.1) is 6.54 Å². The maximum atomic E-state index is 10.7. The fourth-order valence-electron chi connectivity index (χ4n) is 2.54. The first kappa shape index (κ1) is 12.8. The van der Waals surface area contributed by atoms with Gasteiger partial charge in [0.2, 0.25) is 0 Å². The Kier molecular flexibility index (Phi) is 2.79. The topological polar surface area (TPSA) is 57.2 Å². The second-order valence-corrected chi connectivity index (χ2v) is 6.07. The van der Waals surface area contributed by atoms with Gasteiger partial charge < -0.3 is 9.04 Å². The standard InChI is InChI=1S/C8H12N.CHF3O3S/c1-2-8-5-7(1)6-9(8)3-4-9;2-1(3,4)8(5,6)7/h1-2,7-8H,3-6H2;(H,5,6,7)/q+1;/p-1/t7-,8+;/m0./s1.